The smallest absolute Gasteiger partial charge is 0.251 e. The molecule has 0 aliphatic carbocycles. The maximum Gasteiger partial charge on any atom is 0.251 e. The molecule has 1 aromatic heterocycles. The maximum atomic E-state index is 12.1. The summed E-state index contributed by atoms with van der Waals surface area (Å²) in [4.78, 5) is 16.3. The number of amides is 1. The molecule has 1 aliphatic rings. The van der Waals surface area contributed by atoms with Crippen LogP contribution in [-0.2, 0) is 9.84 Å². The molecule has 1 unspecified atom stereocenters. The van der Waals surface area contributed by atoms with E-state index < -0.39 is 9.84 Å². The van der Waals surface area contributed by atoms with Crippen molar-refractivity contribution in [2.75, 3.05) is 11.5 Å². The largest absolute Gasteiger partial charge is 0.348 e. The van der Waals surface area contributed by atoms with Gasteiger partial charge in [0, 0.05) is 17.3 Å². The molecule has 5 nitrogen and oxygen atoms in total. The van der Waals surface area contributed by atoms with E-state index in [0.717, 1.165) is 5.69 Å². The van der Waals surface area contributed by atoms with Gasteiger partial charge >= 0.3 is 0 Å². The molecule has 0 spiro atoms. The van der Waals surface area contributed by atoms with Crippen molar-refractivity contribution in [3.05, 3.63) is 28.5 Å². The first-order valence-electron chi connectivity index (χ1n) is 6.45. The van der Waals surface area contributed by atoms with E-state index in [2.05, 4.69) is 10.3 Å². The molecule has 0 bridgehead atoms. The molecule has 0 aromatic carbocycles. The second-order valence-electron chi connectivity index (χ2n) is 5.33. The van der Waals surface area contributed by atoms with Crippen LogP contribution < -0.4 is 5.32 Å². The number of carbonyl (C=O) groups is 1. The minimum Gasteiger partial charge on any atom is -0.348 e. The van der Waals surface area contributed by atoms with Gasteiger partial charge in [0.2, 0.25) is 0 Å². The third-order valence-electron chi connectivity index (χ3n) is 3.24. The van der Waals surface area contributed by atoms with Crippen LogP contribution in [0.15, 0.2) is 12.1 Å². The number of hydrogen-bond donors (Lipinski definition) is 1. The molecule has 1 N–H and O–H groups in total. The molecule has 110 valence electrons. The topological polar surface area (TPSA) is 76.1 Å². The summed E-state index contributed by atoms with van der Waals surface area (Å²) in [6.07, 6.45) is 0.462. The van der Waals surface area contributed by atoms with Gasteiger partial charge in [-0.05, 0) is 24.5 Å². The Morgan fingerprint density at radius 1 is 1.45 bits per heavy atom. The van der Waals surface area contributed by atoms with Crippen molar-refractivity contribution in [2.24, 2.45) is 0 Å². The highest BCUT2D eigenvalue weighted by Gasteiger charge is 2.29. The van der Waals surface area contributed by atoms with E-state index in [-0.39, 0.29) is 34.5 Å². The second kappa shape index (κ2) is 5.69. The summed E-state index contributed by atoms with van der Waals surface area (Å²) < 4.78 is 22.7. The Bertz CT molecular complexity index is 629. The first kappa shape index (κ1) is 15.3. The van der Waals surface area contributed by atoms with Crippen LogP contribution in [0.5, 0.6) is 0 Å². The van der Waals surface area contributed by atoms with Crippen LogP contribution in [0.4, 0.5) is 0 Å². The van der Waals surface area contributed by atoms with Gasteiger partial charge in [-0.2, -0.15) is 0 Å². The summed E-state index contributed by atoms with van der Waals surface area (Å²) in [6, 6.07) is 2.86. The Balaban J connectivity index is 2.13. The number of hydrogen-bond acceptors (Lipinski definition) is 4. The van der Waals surface area contributed by atoms with Crippen LogP contribution in [0.25, 0.3) is 0 Å². The Labute approximate surface area is 123 Å². The van der Waals surface area contributed by atoms with Crippen molar-refractivity contribution in [1.29, 1.82) is 0 Å². The molecule has 1 aliphatic heterocycles. The van der Waals surface area contributed by atoms with Crippen molar-refractivity contribution in [3.63, 3.8) is 0 Å². The second-order valence-corrected chi connectivity index (χ2v) is 7.95. The van der Waals surface area contributed by atoms with Gasteiger partial charge in [-0.3, -0.25) is 4.79 Å². The first-order valence-corrected chi connectivity index (χ1v) is 8.65. The molecule has 0 radical (unpaired) electrons. The normalized spacial score (nSPS) is 21.1. The number of carbonyl (C=O) groups excluding carboxylic acids is 1. The van der Waals surface area contributed by atoms with Gasteiger partial charge in [0.1, 0.15) is 5.15 Å². The molecular formula is C13H17ClN2O3S. The number of nitrogens with zero attached hydrogens (tertiary/aromatic N) is 1. The fraction of sp³-hybridized carbons (Fsp3) is 0.538. The maximum absolute atomic E-state index is 12.1. The van der Waals surface area contributed by atoms with Crippen molar-refractivity contribution in [3.8, 4) is 0 Å². The number of nitrogens with one attached hydrogen (secondary N) is 1. The highest BCUT2D eigenvalue weighted by Crippen LogP contribution is 2.18. The Kier molecular flexibility index (Phi) is 4.34. The average molecular weight is 317 g/mol. The molecule has 1 amide bonds. The average Bonchev–Trinajstić information content (AvgIpc) is 2.67. The lowest BCUT2D eigenvalue weighted by atomic mass is 10.1. The molecular weight excluding hydrogens is 300 g/mol. The summed E-state index contributed by atoms with van der Waals surface area (Å²) in [5.74, 6) is -0.00800. The minimum atomic E-state index is -3.01. The van der Waals surface area contributed by atoms with E-state index in [1.54, 1.807) is 6.07 Å². The number of aromatic nitrogens is 1. The predicted octanol–water partition coefficient (Wildman–Crippen LogP) is 1.78. The molecule has 2 heterocycles. The van der Waals surface area contributed by atoms with Gasteiger partial charge in [0.15, 0.2) is 9.84 Å². The summed E-state index contributed by atoms with van der Waals surface area (Å²) in [5.41, 5.74) is 1.15. The van der Waals surface area contributed by atoms with Crippen LogP contribution in [0.3, 0.4) is 0 Å². The van der Waals surface area contributed by atoms with Crippen LogP contribution in [-0.4, -0.2) is 36.9 Å². The zero-order valence-corrected chi connectivity index (χ0v) is 13.0. The van der Waals surface area contributed by atoms with Gasteiger partial charge < -0.3 is 5.32 Å². The van der Waals surface area contributed by atoms with Gasteiger partial charge in [-0.15, -0.1) is 0 Å². The van der Waals surface area contributed by atoms with Gasteiger partial charge in [-0.1, -0.05) is 25.4 Å². The van der Waals surface area contributed by atoms with Gasteiger partial charge in [0.05, 0.1) is 11.5 Å². The zero-order chi connectivity index (χ0) is 14.9. The zero-order valence-electron chi connectivity index (χ0n) is 11.4. The van der Waals surface area contributed by atoms with Gasteiger partial charge in [-0.25, -0.2) is 13.4 Å². The first-order chi connectivity index (χ1) is 9.27. The van der Waals surface area contributed by atoms with E-state index in [9.17, 15) is 13.2 Å². The monoisotopic (exact) mass is 316 g/mol. The Morgan fingerprint density at radius 2 is 2.15 bits per heavy atom. The standard InChI is InChI=1S/C13H17ClN2O3S/c1-8(2)11-5-9(6-12(14)16-11)13(17)15-10-3-4-20(18,19)7-10/h5-6,8,10H,3-4,7H2,1-2H3,(H,15,17). The SMILES string of the molecule is CC(C)c1cc(C(=O)NC2CCS(=O)(=O)C2)cc(Cl)n1. The van der Waals surface area contributed by atoms with Crippen molar-refractivity contribution >= 4 is 27.3 Å². The third-order valence-corrected chi connectivity index (χ3v) is 5.20. The molecule has 7 heteroatoms. The summed E-state index contributed by atoms with van der Waals surface area (Å²) in [7, 11) is -3.01. The fourth-order valence-corrected chi connectivity index (χ4v) is 4.01. The lowest BCUT2D eigenvalue weighted by Crippen LogP contribution is -2.35. The van der Waals surface area contributed by atoms with E-state index in [1.807, 2.05) is 13.8 Å². The molecule has 2 rings (SSSR count). The van der Waals surface area contributed by atoms with Gasteiger partial charge in [0.25, 0.3) is 5.91 Å². The van der Waals surface area contributed by atoms with Crippen molar-refractivity contribution in [2.45, 2.75) is 32.2 Å². The summed E-state index contributed by atoms with van der Waals surface area (Å²) in [6.45, 7) is 3.92. The number of halogens is 1. The number of pyridine rings is 1. The number of sulfone groups is 1. The minimum absolute atomic E-state index is 0.00853. The van der Waals surface area contributed by atoms with E-state index in [1.165, 1.54) is 6.07 Å². The summed E-state index contributed by atoms with van der Waals surface area (Å²) in [5, 5.41) is 3.00. The van der Waals surface area contributed by atoms with E-state index >= 15 is 0 Å². The molecule has 1 aromatic rings. The van der Waals surface area contributed by atoms with E-state index in [4.69, 9.17) is 11.6 Å². The van der Waals surface area contributed by atoms with Crippen LogP contribution in [0, 0.1) is 0 Å². The number of rotatable bonds is 3. The molecule has 1 fully saturated rings. The Hall–Kier alpha value is -1.14. The summed E-state index contributed by atoms with van der Waals surface area (Å²) >= 11 is 5.91. The van der Waals surface area contributed by atoms with E-state index in [0.29, 0.717) is 12.0 Å². The van der Waals surface area contributed by atoms with Crippen LogP contribution >= 0.6 is 11.6 Å². The molecule has 0 saturated carbocycles. The van der Waals surface area contributed by atoms with Crippen molar-refractivity contribution < 1.29 is 13.2 Å². The fourth-order valence-electron chi connectivity index (χ4n) is 2.12. The molecule has 1 saturated heterocycles. The van der Waals surface area contributed by atoms with Crippen LogP contribution in [0.1, 0.15) is 42.2 Å². The molecule has 20 heavy (non-hydrogen) atoms. The Morgan fingerprint density at radius 3 is 2.70 bits per heavy atom. The lowest BCUT2D eigenvalue weighted by Gasteiger charge is -2.12. The highest BCUT2D eigenvalue weighted by atomic mass is 35.5. The quantitative estimate of drug-likeness (QED) is 0.862. The molecule has 1 atom stereocenters. The lowest BCUT2D eigenvalue weighted by molar-refractivity contribution is 0.0941. The highest BCUT2D eigenvalue weighted by molar-refractivity contribution is 7.91. The third kappa shape index (κ3) is 3.70. The van der Waals surface area contributed by atoms with Crippen molar-refractivity contribution in [1.82, 2.24) is 10.3 Å². The predicted molar refractivity (Wildman–Crippen MR) is 77.9 cm³/mol. The van der Waals surface area contributed by atoms with Crippen LogP contribution in [0.2, 0.25) is 5.15 Å².